The minimum atomic E-state index is -0.0314. The highest BCUT2D eigenvalue weighted by Gasteiger charge is 2.27. The van der Waals surface area contributed by atoms with Gasteiger partial charge >= 0.3 is 0 Å². The molecular formula is C22H24N4OS. The Kier molecular flexibility index (Phi) is 5.13. The van der Waals surface area contributed by atoms with Gasteiger partial charge in [-0.25, -0.2) is 9.97 Å². The molecule has 0 radical (unpaired) electrons. The number of fused-ring (bicyclic) bond motifs is 1. The molecule has 144 valence electrons. The normalized spacial score (nSPS) is 14.2. The number of amides is 1. The third-order valence-electron chi connectivity index (χ3n) is 5.00. The first-order valence-electron chi connectivity index (χ1n) is 9.61. The Bertz CT molecular complexity index is 997. The number of nitrogens with one attached hydrogen (secondary N) is 1. The van der Waals surface area contributed by atoms with Crippen LogP contribution < -0.4 is 10.2 Å². The fraction of sp³-hybridized carbons (Fsp3) is 0.318. The molecule has 1 amide bonds. The highest BCUT2D eigenvalue weighted by molar-refractivity contribution is 7.09. The van der Waals surface area contributed by atoms with Gasteiger partial charge in [-0.1, -0.05) is 32.0 Å². The van der Waals surface area contributed by atoms with Crippen molar-refractivity contribution in [1.29, 1.82) is 0 Å². The van der Waals surface area contributed by atoms with Gasteiger partial charge in [-0.15, -0.1) is 11.3 Å². The number of anilines is 2. The maximum Gasteiger partial charge on any atom is 0.262 e. The van der Waals surface area contributed by atoms with Gasteiger partial charge in [0.1, 0.15) is 5.82 Å². The monoisotopic (exact) mass is 392 g/mol. The first-order chi connectivity index (χ1) is 13.5. The molecule has 28 heavy (non-hydrogen) atoms. The molecule has 1 aromatic carbocycles. The minimum Gasteiger partial charge on any atom is -0.361 e. The molecule has 0 aliphatic carbocycles. The Labute approximate surface area is 169 Å². The van der Waals surface area contributed by atoms with Crippen molar-refractivity contribution in [1.82, 2.24) is 9.97 Å². The van der Waals surface area contributed by atoms with E-state index in [1.54, 1.807) is 17.5 Å². The molecule has 0 bridgehead atoms. The van der Waals surface area contributed by atoms with Crippen LogP contribution in [-0.4, -0.2) is 22.4 Å². The number of rotatable bonds is 5. The zero-order valence-electron chi connectivity index (χ0n) is 16.3. The predicted molar refractivity (Wildman–Crippen MR) is 114 cm³/mol. The second-order valence-electron chi connectivity index (χ2n) is 7.37. The number of para-hydroxylation sites is 1. The van der Waals surface area contributed by atoms with E-state index in [0.717, 1.165) is 22.8 Å². The fourth-order valence-electron chi connectivity index (χ4n) is 3.43. The van der Waals surface area contributed by atoms with Crippen LogP contribution in [-0.2, 0) is 6.42 Å². The van der Waals surface area contributed by atoms with Gasteiger partial charge in [0.25, 0.3) is 5.91 Å². The molecule has 5 nitrogen and oxygen atoms in total. The van der Waals surface area contributed by atoms with Gasteiger partial charge < -0.3 is 10.2 Å². The van der Waals surface area contributed by atoms with Gasteiger partial charge in [0.2, 0.25) is 0 Å². The largest absolute Gasteiger partial charge is 0.361 e. The summed E-state index contributed by atoms with van der Waals surface area (Å²) in [6.45, 7) is 7.04. The van der Waals surface area contributed by atoms with Crippen LogP contribution in [0.25, 0.3) is 0 Å². The maximum atomic E-state index is 13.3. The van der Waals surface area contributed by atoms with Crippen molar-refractivity contribution in [2.75, 3.05) is 16.8 Å². The Morgan fingerprint density at radius 3 is 2.79 bits per heavy atom. The molecule has 1 atom stereocenters. The van der Waals surface area contributed by atoms with Crippen LogP contribution in [0, 0.1) is 0 Å². The zero-order valence-corrected chi connectivity index (χ0v) is 17.2. The van der Waals surface area contributed by atoms with Crippen molar-refractivity contribution in [3.8, 4) is 0 Å². The third kappa shape index (κ3) is 3.52. The molecule has 0 saturated carbocycles. The smallest absolute Gasteiger partial charge is 0.262 e. The highest BCUT2D eigenvalue weighted by Crippen LogP contribution is 2.31. The van der Waals surface area contributed by atoms with E-state index in [9.17, 15) is 4.79 Å². The lowest BCUT2D eigenvalue weighted by Crippen LogP contribution is -2.30. The number of carbonyl (C=O) groups excluding carboxylic acids is 1. The molecule has 4 rings (SSSR count). The van der Waals surface area contributed by atoms with E-state index >= 15 is 0 Å². The van der Waals surface area contributed by atoms with E-state index < -0.39 is 0 Å². The Balaban J connectivity index is 1.58. The van der Waals surface area contributed by atoms with Crippen molar-refractivity contribution in [3.63, 3.8) is 0 Å². The first-order valence-corrected chi connectivity index (χ1v) is 10.5. The van der Waals surface area contributed by atoms with Crippen LogP contribution in [0.15, 0.2) is 48.0 Å². The van der Waals surface area contributed by atoms with Crippen LogP contribution in [0.1, 0.15) is 59.4 Å². The fourth-order valence-corrected chi connectivity index (χ4v) is 4.36. The van der Waals surface area contributed by atoms with Gasteiger partial charge in [-0.3, -0.25) is 4.79 Å². The molecule has 6 heteroatoms. The quantitative estimate of drug-likeness (QED) is 0.661. The van der Waals surface area contributed by atoms with Gasteiger partial charge in [-0.05, 0) is 37.1 Å². The summed E-state index contributed by atoms with van der Waals surface area (Å²) in [6, 6.07) is 11.7. The first kappa shape index (κ1) is 18.6. The molecule has 0 spiro atoms. The summed E-state index contributed by atoms with van der Waals surface area (Å²) < 4.78 is 0. The molecule has 2 aromatic heterocycles. The van der Waals surface area contributed by atoms with Crippen molar-refractivity contribution < 1.29 is 4.79 Å². The number of pyridine rings is 1. The molecule has 0 fully saturated rings. The second kappa shape index (κ2) is 7.72. The van der Waals surface area contributed by atoms with E-state index in [-0.39, 0.29) is 11.9 Å². The van der Waals surface area contributed by atoms with Crippen LogP contribution >= 0.6 is 11.3 Å². The Morgan fingerprint density at radius 2 is 2.00 bits per heavy atom. The SMILES string of the molecule is CC(C)c1nc(C(C)Nc2ncccc2C(=O)N2CCc3ccccc32)cs1. The lowest BCUT2D eigenvalue weighted by atomic mass is 10.1. The molecule has 1 unspecified atom stereocenters. The molecule has 1 aliphatic rings. The van der Waals surface area contributed by atoms with E-state index in [1.807, 2.05) is 42.2 Å². The number of thiazole rings is 1. The second-order valence-corrected chi connectivity index (χ2v) is 8.26. The lowest BCUT2D eigenvalue weighted by molar-refractivity contribution is 0.0990. The van der Waals surface area contributed by atoms with Crippen molar-refractivity contribution in [3.05, 3.63) is 69.8 Å². The number of aromatic nitrogens is 2. The van der Waals surface area contributed by atoms with Gasteiger partial charge in [-0.2, -0.15) is 0 Å². The lowest BCUT2D eigenvalue weighted by Gasteiger charge is -2.20. The average molecular weight is 393 g/mol. The predicted octanol–water partition coefficient (Wildman–Crippen LogP) is 5.04. The van der Waals surface area contributed by atoms with Crippen LogP contribution in [0.4, 0.5) is 11.5 Å². The van der Waals surface area contributed by atoms with Gasteiger partial charge in [0.15, 0.2) is 0 Å². The Hall–Kier alpha value is -2.73. The highest BCUT2D eigenvalue weighted by atomic mass is 32.1. The van der Waals surface area contributed by atoms with Crippen molar-refractivity contribution >= 4 is 28.7 Å². The standard InChI is InChI=1S/C22H24N4OS/c1-14(2)21-25-18(13-28-21)15(3)24-20-17(8-6-11-23-20)22(27)26-12-10-16-7-4-5-9-19(16)26/h4-9,11,13-15H,10,12H2,1-3H3,(H,23,24). The van der Waals surface area contributed by atoms with Crippen molar-refractivity contribution in [2.45, 2.75) is 39.2 Å². The summed E-state index contributed by atoms with van der Waals surface area (Å²) in [5.74, 6) is 0.991. The molecule has 0 saturated heterocycles. The molecule has 1 N–H and O–H groups in total. The number of hydrogen-bond acceptors (Lipinski definition) is 5. The average Bonchev–Trinajstić information content (AvgIpc) is 3.35. The summed E-state index contributed by atoms with van der Waals surface area (Å²) >= 11 is 1.67. The van der Waals surface area contributed by atoms with E-state index in [4.69, 9.17) is 4.98 Å². The molecular weight excluding hydrogens is 368 g/mol. The Morgan fingerprint density at radius 1 is 1.18 bits per heavy atom. The van der Waals surface area contributed by atoms with Crippen LogP contribution in [0.5, 0.6) is 0 Å². The number of benzene rings is 1. The molecule has 1 aliphatic heterocycles. The van der Waals surface area contributed by atoms with E-state index in [2.05, 4.69) is 35.6 Å². The van der Waals surface area contributed by atoms with Crippen LogP contribution in [0.3, 0.4) is 0 Å². The number of carbonyl (C=O) groups is 1. The number of hydrogen-bond donors (Lipinski definition) is 1. The topological polar surface area (TPSA) is 58.1 Å². The summed E-state index contributed by atoms with van der Waals surface area (Å²) in [4.78, 5) is 24.3. The van der Waals surface area contributed by atoms with Gasteiger partial charge in [0.05, 0.1) is 22.3 Å². The summed E-state index contributed by atoms with van der Waals surface area (Å²) in [6.07, 6.45) is 2.60. The van der Waals surface area contributed by atoms with Crippen molar-refractivity contribution in [2.24, 2.45) is 0 Å². The third-order valence-corrected chi connectivity index (χ3v) is 6.16. The van der Waals surface area contributed by atoms with Gasteiger partial charge in [0, 0.05) is 29.7 Å². The van der Waals surface area contributed by atoms with E-state index in [0.29, 0.717) is 23.8 Å². The van der Waals surface area contributed by atoms with E-state index in [1.165, 1.54) is 5.56 Å². The van der Waals surface area contributed by atoms with Crippen LogP contribution in [0.2, 0.25) is 0 Å². The zero-order chi connectivity index (χ0) is 19.7. The number of nitrogens with zero attached hydrogens (tertiary/aromatic N) is 3. The summed E-state index contributed by atoms with van der Waals surface area (Å²) in [5.41, 5.74) is 3.78. The maximum absolute atomic E-state index is 13.3. The summed E-state index contributed by atoms with van der Waals surface area (Å²) in [7, 11) is 0. The molecule has 3 heterocycles. The minimum absolute atomic E-state index is 0.0195. The molecule has 3 aromatic rings. The summed E-state index contributed by atoms with van der Waals surface area (Å²) in [5, 5.41) is 6.59.